The van der Waals surface area contributed by atoms with Crippen LogP contribution in [0.2, 0.25) is 0 Å². The lowest BCUT2D eigenvalue weighted by atomic mass is 9.92. The SMILES string of the molecule is COc1ccc([C@@H]2c3[nH]c4ccccc4c3CCN2C(=O)Nc2ccc(C)cc2C)cc1. The van der Waals surface area contributed by atoms with Gasteiger partial charge in [0, 0.05) is 28.8 Å². The molecule has 5 heteroatoms. The summed E-state index contributed by atoms with van der Waals surface area (Å²) in [6.07, 6.45) is 0.812. The first kappa shape index (κ1) is 20.2. The Morgan fingerprint density at radius 3 is 2.59 bits per heavy atom. The van der Waals surface area contributed by atoms with Crippen LogP contribution in [0.4, 0.5) is 10.5 Å². The van der Waals surface area contributed by atoms with Crippen LogP contribution >= 0.6 is 0 Å². The van der Waals surface area contributed by atoms with Crippen molar-refractivity contribution in [1.29, 1.82) is 0 Å². The molecule has 0 spiro atoms. The van der Waals surface area contributed by atoms with Crippen molar-refractivity contribution in [3.8, 4) is 5.75 Å². The Morgan fingerprint density at radius 1 is 1.06 bits per heavy atom. The number of urea groups is 1. The number of anilines is 1. The van der Waals surface area contributed by atoms with Gasteiger partial charge in [0.2, 0.25) is 0 Å². The van der Waals surface area contributed by atoms with Gasteiger partial charge in [-0.25, -0.2) is 4.79 Å². The molecule has 32 heavy (non-hydrogen) atoms. The zero-order valence-corrected chi connectivity index (χ0v) is 18.6. The van der Waals surface area contributed by atoms with Crippen molar-refractivity contribution >= 4 is 22.6 Å². The number of methoxy groups -OCH3 is 1. The van der Waals surface area contributed by atoms with Crippen LogP contribution in [0.25, 0.3) is 10.9 Å². The van der Waals surface area contributed by atoms with Gasteiger partial charge in [-0.15, -0.1) is 0 Å². The van der Waals surface area contributed by atoms with E-state index in [4.69, 9.17) is 4.74 Å². The number of benzene rings is 3. The van der Waals surface area contributed by atoms with Gasteiger partial charge in [0.1, 0.15) is 5.75 Å². The maximum absolute atomic E-state index is 13.5. The fraction of sp³-hybridized carbons (Fsp3) is 0.222. The van der Waals surface area contributed by atoms with Crippen LogP contribution in [0.5, 0.6) is 5.75 Å². The second-order valence-electron chi connectivity index (χ2n) is 8.43. The molecule has 5 rings (SSSR count). The molecule has 162 valence electrons. The summed E-state index contributed by atoms with van der Waals surface area (Å²) in [4.78, 5) is 19.0. The van der Waals surface area contributed by atoms with Gasteiger partial charge in [-0.3, -0.25) is 0 Å². The van der Waals surface area contributed by atoms with Gasteiger partial charge in [-0.1, -0.05) is 48.0 Å². The molecule has 0 bridgehead atoms. The Labute approximate surface area is 188 Å². The Hall–Kier alpha value is -3.73. The number of ether oxygens (including phenoxy) is 1. The van der Waals surface area contributed by atoms with Gasteiger partial charge in [0.25, 0.3) is 0 Å². The molecule has 0 unspecified atom stereocenters. The summed E-state index contributed by atoms with van der Waals surface area (Å²) in [5.41, 5.74) is 7.61. The minimum absolute atomic E-state index is 0.0953. The summed E-state index contributed by atoms with van der Waals surface area (Å²) in [5, 5.41) is 4.37. The number of aromatic amines is 1. The fourth-order valence-corrected chi connectivity index (χ4v) is 4.73. The topological polar surface area (TPSA) is 57.4 Å². The van der Waals surface area contributed by atoms with Crippen molar-refractivity contribution in [3.63, 3.8) is 0 Å². The molecule has 3 aromatic carbocycles. The number of amides is 2. The van der Waals surface area contributed by atoms with Crippen LogP contribution in [0, 0.1) is 13.8 Å². The van der Waals surface area contributed by atoms with Crippen LogP contribution in [0.15, 0.2) is 66.7 Å². The summed E-state index contributed by atoms with van der Waals surface area (Å²) in [5.74, 6) is 0.799. The molecule has 1 atom stereocenters. The lowest BCUT2D eigenvalue weighted by molar-refractivity contribution is 0.193. The van der Waals surface area contributed by atoms with E-state index in [0.717, 1.165) is 40.2 Å². The highest BCUT2D eigenvalue weighted by molar-refractivity contribution is 5.92. The Balaban J connectivity index is 1.56. The number of aryl methyl sites for hydroxylation is 2. The van der Waals surface area contributed by atoms with E-state index >= 15 is 0 Å². The number of H-pyrrole nitrogens is 1. The maximum Gasteiger partial charge on any atom is 0.322 e. The third kappa shape index (κ3) is 3.50. The third-order valence-corrected chi connectivity index (χ3v) is 6.35. The van der Waals surface area contributed by atoms with Gasteiger partial charge in [0.05, 0.1) is 13.2 Å². The van der Waals surface area contributed by atoms with Crippen molar-refractivity contribution < 1.29 is 9.53 Å². The van der Waals surface area contributed by atoms with E-state index < -0.39 is 0 Å². The highest BCUT2D eigenvalue weighted by atomic mass is 16.5. The Kier molecular flexibility index (Phi) is 5.10. The van der Waals surface area contributed by atoms with Crippen molar-refractivity contribution in [1.82, 2.24) is 9.88 Å². The molecular formula is C27H27N3O2. The molecule has 0 saturated heterocycles. The smallest absolute Gasteiger partial charge is 0.322 e. The van der Waals surface area contributed by atoms with Crippen LogP contribution < -0.4 is 10.1 Å². The summed E-state index contributed by atoms with van der Waals surface area (Å²) in [6.45, 7) is 4.72. The lowest BCUT2D eigenvalue weighted by Gasteiger charge is -2.36. The second-order valence-corrected chi connectivity index (χ2v) is 8.43. The number of rotatable bonds is 3. The van der Waals surface area contributed by atoms with Crippen molar-refractivity contribution in [3.05, 3.63) is 94.7 Å². The highest BCUT2D eigenvalue weighted by Gasteiger charge is 2.34. The molecule has 0 fully saturated rings. The second kappa shape index (κ2) is 8.08. The molecule has 5 nitrogen and oxygen atoms in total. The molecule has 1 aliphatic rings. The number of hydrogen-bond acceptors (Lipinski definition) is 2. The fourth-order valence-electron chi connectivity index (χ4n) is 4.73. The van der Waals surface area contributed by atoms with Crippen LogP contribution in [-0.4, -0.2) is 29.6 Å². The standard InChI is InChI=1S/C27H27N3O2/c1-17-8-13-23(18(2)16-17)29-27(31)30-15-14-22-21-6-4-5-7-24(21)28-25(22)26(30)19-9-11-20(32-3)12-10-19/h4-13,16,26,28H,14-15H2,1-3H3,(H,29,31)/t26-/m1/s1. The quantitative estimate of drug-likeness (QED) is 0.425. The van der Waals surface area contributed by atoms with Crippen molar-refractivity contribution in [2.45, 2.75) is 26.3 Å². The van der Waals surface area contributed by atoms with E-state index in [9.17, 15) is 4.79 Å². The monoisotopic (exact) mass is 425 g/mol. The molecule has 1 aromatic heterocycles. The maximum atomic E-state index is 13.5. The van der Waals surface area contributed by atoms with Crippen LogP contribution in [-0.2, 0) is 6.42 Å². The van der Waals surface area contributed by atoms with Gasteiger partial charge in [0.15, 0.2) is 0 Å². The summed E-state index contributed by atoms with van der Waals surface area (Å²) in [7, 11) is 1.66. The van der Waals surface area contributed by atoms with Gasteiger partial charge < -0.3 is 19.9 Å². The van der Waals surface area contributed by atoms with Crippen molar-refractivity contribution in [2.75, 3.05) is 19.0 Å². The first-order valence-electron chi connectivity index (χ1n) is 10.9. The average molecular weight is 426 g/mol. The third-order valence-electron chi connectivity index (χ3n) is 6.35. The molecule has 2 heterocycles. The van der Waals surface area contributed by atoms with E-state index in [0.29, 0.717) is 6.54 Å². The number of carbonyl (C=O) groups excluding carboxylic acids is 1. The Morgan fingerprint density at radius 2 is 1.84 bits per heavy atom. The number of carbonyl (C=O) groups is 1. The normalized spacial score (nSPS) is 15.5. The Bertz CT molecular complexity index is 1290. The van der Waals surface area contributed by atoms with E-state index in [-0.39, 0.29) is 12.1 Å². The number of nitrogens with one attached hydrogen (secondary N) is 2. The van der Waals surface area contributed by atoms with E-state index in [1.165, 1.54) is 16.5 Å². The predicted octanol–water partition coefficient (Wildman–Crippen LogP) is 5.97. The van der Waals surface area contributed by atoms with Gasteiger partial charge in [-0.2, -0.15) is 0 Å². The summed E-state index contributed by atoms with van der Waals surface area (Å²) >= 11 is 0. The molecule has 0 radical (unpaired) electrons. The zero-order chi connectivity index (χ0) is 22.2. The molecule has 0 saturated carbocycles. The number of aromatic nitrogens is 1. The highest BCUT2D eigenvalue weighted by Crippen LogP contribution is 2.39. The summed E-state index contributed by atoms with van der Waals surface area (Å²) in [6, 6.07) is 22.1. The lowest BCUT2D eigenvalue weighted by Crippen LogP contribution is -2.43. The molecule has 4 aromatic rings. The minimum Gasteiger partial charge on any atom is -0.497 e. The first-order valence-corrected chi connectivity index (χ1v) is 10.9. The minimum atomic E-state index is -0.206. The molecule has 0 aliphatic carbocycles. The molecule has 2 N–H and O–H groups in total. The summed E-state index contributed by atoms with van der Waals surface area (Å²) < 4.78 is 5.35. The van der Waals surface area contributed by atoms with Gasteiger partial charge in [-0.05, 0) is 61.2 Å². The number of hydrogen-bond donors (Lipinski definition) is 2. The number of nitrogens with zero attached hydrogens (tertiary/aromatic N) is 1. The van der Waals surface area contributed by atoms with E-state index in [2.05, 4.69) is 41.5 Å². The number of fused-ring (bicyclic) bond motifs is 3. The molecule has 2 amide bonds. The van der Waals surface area contributed by atoms with E-state index in [1.807, 2.05) is 54.3 Å². The first-order chi connectivity index (χ1) is 15.5. The van der Waals surface area contributed by atoms with Crippen molar-refractivity contribution in [2.24, 2.45) is 0 Å². The number of para-hydroxylation sites is 1. The predicted molar refractivity (Wildman–Crippen MR) is 128 cm³/mol. The van der Waals surface area contributed by atoms with Crippen LogP contribution in [0.3, 0.4) is 0 Å². The van der Waals surface area contributed by atoms with E-state index in [1.54, 1.807) is 7.11 Å². The molecular weight excluding hydrogens is 398 g/mol. The largest absolute Gasteiger partial charge is 0.497 e. The zero-order valence-electron chi connectivity index (χ0n) is 18.6. The van der Waals surface area contributed by atoms with Gasteiger partial charge >= 0.3 is 6.03 Å². The average Bonchev–Trinajstić information content (AvgIpc) is 3.19. The van der Waals surface area contributed by atoms with Crippen LogP contribution in [0.1, 0.15) is 34.0 Å². The molecule has 1 aliphatic heterocycles.